The zero-order chi connectivity index (χ0) is 13.3. The highest BCUT2D eigenvalue weighted by molar-refractivity contribution is 5.34. The number of aromatic nitrogens is 2. The molecule has 5 nitrogen and oxygen atoms in total. The molecule has 1 aliphatic carbocycles. The Labute approximate surface area is 108 Å². The highest BCUT2D eigenvalue weighted by Gasteiger charge is 2.48. The Morgan fingerprint density at radius 1 is 1.33 bits per heavy atom. The molecule has 1 saturated carbocycles. The molecule has 2 rings (SSSR count). The van der Waals surface area contributed by atoms with Gasteiger partial charge >= 0.3 is 0 Å². The Hall–Kier alpha value is -1.36. The molecule has 1 fully saturated rings. The number of ether oxygens (including phenoxy) is 2. The largest absolute Gasteiger partial charge is 0.481 e. The van der Waals surface area contributed by atoms with Crippen LogP contribution in [0.15, 0.2) is 6.07 Å². The minimum atomic E-state index is 0.0924. The van der Waals surface area contributed by atoms with Gasteiger partial charge in [0.1, 0.15) is 0 Å². The molecule has 1 heterocycles. The lowest BCUT2D eigenvalue weighted by Gasteiger charge is -2.51. The Morgan fingerprint density at radius 3 is 2.61 bits per heavy atom. The molecule has 1 aromatic rings. The van der Waals surface area contributed by atoms with Gasteiger partial charge in [-0.1, -0.05) is 13.8 Å². The van der Waals surface area contributed by atoms with E-state index < -0.39 is 0 Å². The third-order valence-electron chi connectivity index (χ3n) is 3.81. The smallest absolute Gasteiger partial charge is 0.226 e. The molecular formula is C13H21N3O2. The van der Waals surface area contributed by atoms with Crippen LogP contribution in [0.2, 0.25) is 0 Å². The standard InChI is InChI=1S/C13H21N3O2/c1-8-6-11(18-5)16-12(14-8)15-9-7-10(17-4)13(9,2)3/h6,9-10H,7H2,1-5H3,(H,14,15,16). The normalized spacial score (nSPS) is 25.4. The molecule has 1 aliphatic rings. The van der Waals surface area contributed by atoms with Crippen molar-refractivity contribution in [1.29, 1.82) is 0 Å². The Balaban J connectivity index is 2.09. The van der Waals surface area contributed by atoms with Crippen LogP contribution in [0.1, 0.15) is 26.0 Å². The van der Waals surface area contributed by atoms with Crippen LogP contribution in [0.25, 0.3) is 0 Å². The summed E-state index contributed by atoms with van der Waals surface area (Å²) in [6.45, 7) is 6.31. The van der Waals surface area contributed by atoms with E-state index in [1.807, 2.05) is 13.0 Å². The van der Waals surface area contributed by atoms with Gasteiger partial charge in [-0.3, -0.25) is 0 Å². The summed E-state index contributed by atoms with van der Waals surface area (Å²) >= 11 is 0. The topological polar surface area (TPSA) is 56.3 Å². The van der Waals surface area contributed by atoms with Gasteiger partial charge in [0.05, 0.1) is 13.2 Å². The summed E-state index contributed by atoms with van der Waals surface area (Å²) in [7, 11) is 3.37. The predicted molar refractivity (Wildman–Crippen MR) is 69.9 cm³/mol. The van der Waals surface area contributed by atoms with Crippen molar-refractivity contribution in [2.75, 3.05) is 19.5 Å². The number of rotatable bonds is 4. The number of methoxy groups -OCH3 is 2. The van der Waals surface area contributed by atoms with Crippen molar-refractivity contribution in [3.8, 4) is 5.88 Å². The van der Waals surface area contributed by atoms with Gasteiger partial charge < -0.3 is 14.8 Å². The molecule has 0 aromatic carbocycles. The molecule has 0 bridgehead atoms. The maximum Gasteiger partial charge on any atom is 0.226 e. The van der Waals surface area contributed by atoms with Crippen LogP contribution in [-0.4, -0.2) is 36.3 Å². The molecule has 18 heavy (non-hydrogen) atoms. The van der Waals surface area contributed by atoms with E-state index in [9.17, 15) is 0 Å². The molecule has 0 radical (unpaired) electrons. The molecule has 2 unspecified atom stereocenters. The van der Waals surface area contributed by atoms with Crippen molar-refractivity contribution in [1.82, 2.24) is 9.97 Å². The van der Waals surface area contributed by atoms with Crippen LogP contribution in [0.5, 0.6) is 5.88 Å². The maximum absolute atomic E-state index is 5.43. The van der Waals surface area contributed by atoms with Crippen LogP contribution in [-0.2, 0) is 4.74 Å². The Morgan fingerprint density at radius 2 is 2.06 bits per heavy atom. The third kappa shape index (κ3) is 2.27. The first kappa shape index (κ1) is 13.1. The van der Waals surface area contributed by atoms with Crippen molar-refractivity contribution in [2.45, 2.75) is 39.3 Å². The summed E-state index contributed by atoms with van der Waals surface area (Å²) in [6.07, 6.45) is 1.27. The van der Waals surface area contributed by atoms with Gasteiger partial charge in [0.25, 0.3) is 0 Å². The van der Waals surface area contributed by atoms with Crippen LogP contribution < -0.4 is 10.1 Å². The van der Waals surface area contributed by atoms with Crippen LogP contribution >= 0.6 is 0 Å². The van der Waals surface area contributed by atoms with E-state index in [1.165, 1.54) is 0 Å². The Bertz CT molecular complexity index is 434. The highest BCUT2D eigenvalue weighted by atomic mass is 16.5. The molecule has 0 spiro atoms. The fourth-order valence-electron chi connectivity index (χ4n) is 2.39. The van der Waals surface area contributed by atoms with Crippen molar-refractivity contribution in [3.63, 3.8) is 0 Å². The Kier molecular flexibility index (Phi) is 3.43. The molecular weight excluding hydrogens is 230 g/mol. The first-order valence-electron chi connectivity index (χ1n) is 6.16. The van der Waals surface area contributed by atoms with E-state index in [0.717, 1.165) is 12.1 Å². The fraction of sp³-hybridized carbons (Fsp3) is 0.692. The van der Waals surface area contributed by atoms with Gasteiger partial charge in [0.2, 0.25) is 11.8 Å². The van der Waals surface area contributed by atoms with Gasteiger partial charge in [-0.25, -0.2) is 4.98 Å². The number of hydrogen-bond donors (Lipinski definition) is 1. The van der Waals surface area contributed by atoms with Gasteiger partial charge in [0, 0.05) is 30.3 Å². The minimum absolute atomic E-state index is 0.0924. The molecule has 0 aliphatic heterocycles. The van der Waals surface area contributed by atoms with Crippen molar-refractivity contribution in [3.05, 3.63) is 11.8 Å². The second-order valence-electron chi connectivity index (χ2n) is 5.35. The van der Waals surface area contributed by atoms with Crippen molar-refractivity contribution in [2.24, 2.45) is 5.41 Å². The number of anilines is 1. The molecule has 2 atom stereocenters. The van der Waals surface area contributed by atoms with Crippen molar-refractivity contribution < 1.29 is 9.47 Å². The molecule has 5 heteroatoms. The fourth-order valence-corrected chi connectivity index (χ4v) is 2.39. The van der Waals surface area contributed by atoms with Crippen LogP contribution in [0, 0.1) is 12.3 Å². The van der Waals surface area contributed by atoms with Crippen molar-refractivity contribution >= 4 is 5.95 Å². The monoisotopic (exact) mass is 251 g/mol. The summed E-state index contributed by atoms with van der Waals surface area (Å²) in [4.78, 5) is 8.68. The van der Waals surface area contributed by atoms with E-state index in [-0.39, 0.29) is 5.41 Å². The van der Waals surface area contributed by atoms with Crippen LogP contribution in [0.3, 0.4) is 0 Å². The molecule has 100 valence electrons. The summed E-state index contributed by atoms with van der Waals surface area (Å²) in [5.74, 6) is 1.21. The maximum atomic E-state index is 5.43. The van der Waals surface area contributed by atoms with E-state index in [2.05, 4.69) is 29.1 Å². The second kappa shape index (κ2) is 4.72. The van der Waals surface area contributed by atoms with Gasteiger partial charge in [-0.15, -0.1) is 0 Å². The van der Waals surface area contributed by atoms with E-state index >= 15 is 0 Å². The average Bonchev–Trinajstić information content (AvgIpc) is 2.33. The number of nitrogens with one attached hydrogen (secondary N) is 1. The zero-order valence-corrected chi connectivity index (χ0v) is 11.7. The highest BCUT2D eigenvalue weighted by Crippen LogP contribution is 2.43. The zero-order valence-electron chi connectivity index (χ0n) is 11.7. The lowest BCUT2D eigenvalue weighted by Crippen LogP contribution is -2.57. The summed E-state index contributed by atoms with van der Waals surface area (Å²) in [5, 5.41) is 3.37. The predicted octanol–water partition coefficient (Wildman–Crippen LogP) is 2.02. The van der Waals surface area contributed by atoms with E-state index in [0.29, 0.717) is 24.0 Å². The van der Waals surface area contributed by atoms with Crippen LogP contribution in [0.4, 0.5) is 5.95 Å². The van der Waals surface area contributed by atoms with Gasteiger partial charge in [-0.05, 0) is 13.3 Å². The minimum Gasteiger partial charge on any atom is -0.481 e. The first-order valence-corrected chi connectivity index (χ1v) is 6.16. The first-order chi connectivity index (χ1) is 8.47. The molecule has 1 aromatic heterocycles. The summed E-state index contributed by atoms with van der Waals surface area (Å²) < 4.78 is 10.6. The van der Waals surface area contributed by atoms with Gasteiger partial charge in [0.15, 0.2) is 0 Å². The summed E-state index contributed by atoms with van der Waals surface area (Å²) in [6, 6.07) is 2.14. The number of hydrogen-bond acceptors (Lipinski definition) is 5. The average molecular weight is 251 g/mol. The SMILES string of the molecule is COc1cc(C)nc(NC2CC(OC)C2(C)C)n1. The van der Waals surface area contributed by atoms with Gasteiger partial charge in [-0.2, -0.15) is 4.98 Å². The quantitative estimate of drug-likeness (QED) is 0.887. The number of aryl methyl sites for hydroxylation is 1. The molecule has 1 N–H and O–H groups in total. The third-order valence-corrected chi connectivity index (χ3v) is 3.81. The van der Waals surface area contributed by atoms with E-state index in [4.69, 9.17) is 9.47 Å². The lowest BCUT2D eigenvalue weighted by atomic mass is 9.64. The summed E-state index contributed by atoms with van der Waals surface area (Å²) in [5.41, 5.74) is 0.986. The van der Waals surface area contributed by atoms with E-state index in [1.54, 1.807) is 14.2 Å². The molecule has 0 saturated heterocycles. The second-order valence-corrected chi connectivity index (χ2v) is 5.35. The molecule has 0 amide bonds. The lowest BCUT2D eigenvalue weighted by molar-refractivity contribution is -0.0796. The number of nitrogens with zero attached hydrogens (tertiary/aromatic N) is 2.